The summed E-state index contributed by atoms with van der Waals surface area (Å²) in [4.78, 5) is 30.5. The molecule has 0 bridgehead atoms. The minimum absolute atomic E-state index is 0.0498. The summed E-state index contributed by atoms with van der Waals surface area (Å²) < 4.78 is 9.93. The Balaban J connectivity index is 1.93. The zero-order valence-electron chi connectivity index (χ0n) is 15.9. The van der Waals surface area contributed by atoms with E-state index in [0.29, 0.717) is 29.6 Å². The van der Waals surface area contributed by atoms with Gasteiger partial charge in [0.05, 0.1) is 12.0 Å². The Labute approximate surface area is 161 Å². The summed E-state index contributed by atoms with van der Waals surface area (Å²) in [5.74, 6) is 0.365. The van der Waals surface area contributed by atoms with Crippen LogP contribution in [-0.4, -0.2) is 48.8 Å². The predicted molar refractivity (Wildman–Crippen MR) is 102 cm³/mol. The smallest absolute Gasteiger partial charge is 0.330 e. The third kappa shape index (κ3) is 3.95. The van der Waals surface area contributed by atoms with Crippen LogP contribution in [0.4, 0.5) is 17.3 Å². The Kier molecular flexibility index (Phi) is 5.57. The Morgan fingerprint density at radius 2 is 2.25 bits per heavy atom. The third-order valence-electron chi connectivity index (χ3n) is 4.49. The van der Waals surface area contributed by atoms with Crippen molar-refractivity contribution in [2.24, 2.45) is 0 Å². The number of esters is 1. The largest absolute Gasteiger partial charge is 0.466 e. The maximum atomic E-state index is 11.7. The summed E-state index contributed by atoms with van der Waals surface area (Å²) in [7, 11) is 4.89. The number of hydrogen-bond acceptors (Lipinski definition) is 9. The van der Waals surface area contributed by atoms with E-state index >= 15 is 0 Å². The maximum Gasteiger partial charge on any atom is 0.330 e. The van der Waals surface area contributed by atoms with Gasteiger partial charge >= 0.3 is 5.97 Å². The van der Waals surface area contributed by atoms with Gasteiger partial charge in [0, 0.05) is 32.8 Å². The highest BCUT2D eigenvalue weighted by molar-refractivity contribution is 5.87. The van der Waals surface area contributed by atoms with Gasteiger partial charge < -0.3 is 19.1 Å². The van der Waals surface area contributed by atoms with Gasteiger partial charge in [-0.25, -0.2) is 4.79 Å². The number of ether oxygens (including phenoxy) is 1. The van der Waals surface area contributed by atoms with Crippen molar-refractivity contribution < 1.29 is 19.0 Å². The first-order valence-corrected chi connectivity index (χ1v) is 8.72. The van der Waals surface area contributed by atoms with Crippen LogP contribution in [0, 0.1) is 10.1 Å². The molecule has 2 aromatic rings. The fourth-order valence-electron chi connectivity index (χ4n) is 3.12. The number of nitrogens with zero attached hydrogens (tertiary/aromatic N) is 5. The van der Waals surface area contributed by atoms with Gasteiger partial charge in [-0.1, -0.05) is 6.07 Å². The van der Waals surface area contributed by atoms with Gasteiger partial charge in [0.2, 0.25) is 0 Å². The van der Waals surface area contributed by atoms with Gasteiger partial charge in [0.25, 0.3) is 17.5 Å². The van der Waals surface area contributed by atoms with E-state index < -0.39 is 10.9 Å². The van der Waals surface area contributed by atoms with Gasteiger partial charge in [-0.05, 0) is 35.7 Å². The van der Waals surface area contributed by atoms with Crippen LogP contribution >= 0.6 is 0 Å². The van der Waals surface area contributed by atoms with Crippen LogP contribution in [0.2, 0.25) is 0 Å². The maximum absolute atomic E-state index is 11.7. The lowest BCUT2D eigenvalue weighted by atomic mass is 10.1. The van der Waals surface area contributed by atoms with Gasteiger partial charge in [-0.2, -0.15) is 4.98 Å². The summed E-state index contributed by atoms with van der Waals surface area (Å²) in [5, 5.41) is 15.6. The second-order valence-electron chi connectivity index (χ2n) is 6.54. The molecule has 1 saturated heterocycles. The van der Waals surface area contributed by atoms with Gasteiger partial charge in [0.15, 0.2) is 0 Å². The van der Waals surface area contributed by atoms with E-state index in [1.165, 1.54) is 25.3 Å². The number of nitro benzene ring substituents is 1. The number of aromatic nitrogens is 2. The highest BCUT2D eigenvalue weighted by atomic mass is 16.6. The number of methoxy groups -OCH3 is 1. The van der Waals surface area contributed by atoms with Crippen LogP contribution < -0.4 is 9.80 Å². The number of hydrogen-bond donors (Lipinski definition) is 0. The topological polar surface area (TPSA) is 115 Å². The van der Waals surface area contributed by atoms with Crippen molar-refractivity contribution in [1.29, 1.82) is 0 Å². The van der Waals surface area contributed by atoms with Crippen LogP contribution in [0.3, 0.4) is 0 Å². The van der Waals surface area contributed by atoms with E-state index in [9.17, 15) is 14.9 Å². The van der Waals surface area contributed by atoms with Crippen molar-refractivity contribution in [2.45, 2.75) is 18.9 Å². The first-order chi connectivity index (χ1) is 13.4. The number of nitro groups is 1. The molecule has 10 nitrogen and oxygen atoms in total. The van der Waals surface area contributed by atoms with Crippen molar-refractivity contribution in [2.75, 3.05) is 37.5 Å². The van der Waals surface area contributed by atoms with Crippen molar-refractivity contribution >= 4 is 29.4 Å². The number of anilines is 2. The molecule has 1 fully saturated rings. The molecule has 0 saturated carbocycles. The molecule has 2 heterocycles. The van der Waals surface area contributed by atoms with Crippen LogP contribution in [0.1, 0.15) is 30.3 Å². The predicted octanol–water partition coefficient (Wildman–Crippen LogP) is 2.57. The van der Waals surface area contributed by atoms with E-state index in [-0.39, 0.29) is 11.7 Å². The number of benzene rings is 1. The Bertz CT molecular complexity index is 908. The van der Waals surface area contributed by atoms with Crippen molar-refractivity contribution in [3.63, 3.8) is 0 Å². The minimum atomic E-state index is -0.528. The molecule has 1 atom stereocenters. The fourth-order valence-corrected chi connectivity index (χ4v) is 3.12. The van der Waals surface area contributed by atoms with Gasteiger partial charge in [0.1, 0.15) is 11.7 Å². The summed E-state index contributed by atoms with van der Waals surface area (Å²) in [6, 6.07) is 4.60. The first kappa shape index (κ1) is 19.3. The lowest BCUT2D eigenvalue weighted by Gasteiger charge is -2.24. The molecular weight excluding hydrogens is 366 g/mol. The van der Waals surface area contributed by atoms with Crippen LogP contribution in [-0.2, 0) is 9.53 Å². The molecule has 1 aromatic carbocycles. The highest BCUT2D eigenvalue weighted by Gasteiger charge is 2.34. The molecule has 28 heavy (non-hydrogen) atoms. The second kappa shape index (κ2) is 8.07. The first-order valence-electron chi connectivity index (χ1n) is 8.72. The molecule has 0 radical (unpaired) electrons. The molecule has 0 aliphatic carbocycles. The van der Waals surface area contributed by atoms with E-state index in [2.05, 4.69) is 14.9 Å². The molecule has 0 amide bonds. The fraction of sp³-hybridized carbons (Fsp3) is 0.389. The van der Waals surface area contributed by atoms with Crippen molar-refractivity contribution in [1.82, 2.24) is 10.1 Å². The average Bonchev–Trinajstić information content (AvgIpc) is 3.34. The lowest BCUT2D eigenvalue weighted by Crippen LogP contribution is -2.24. The van der Waals surface area contributed by atoms with Crippen LogP contribution in [0.15, 0.2) is 28.8 Å². The third-order valence-corrected chi connectivity index (χ3v) is 4.49. The number of carbonyl (C=O) groups excluding carboxylic acids is 1. The van der Waals surface area contributed by atoms with Crippen molar-refractivity contribution in [3.05, 3.63) is 45.8 Å². The SMILES string of the molecule is COC(=O)/C=C\c1ccc(N2CCCC2c2nc(N(C)C)no2)c([N+](=O)[O-])c1. The van der Waals surface area contributed by atoms with Crippen LogP contribution in [0.5, 0.6) is 0 Å². The highest BCUT2D eigenvalue weighted by Crippen LogP contribution is 2.40. The Morgan fingerprint density at radius 3 is 2.89 bits per heavy atom. The summed E-state index contributed by atoms with van der Waals surface area (Å²) in [5.41, 5.74) is 0.961. The molecular formula is C18H21N5O5. The molecule has 0 spiro atoms. The van der Waals surface area contributed by atoms with E-state index in [1.54, 1.807) is 17.0 Å². The summed E-state index contributed by atoms with van der Waals surface area (Å²) in [6.07, 6.45) is 4.31. The zero-order valence-corrected chi connectivity index (χ0v) is 15.9. The Morgan fingerprint density at radius 1 is 1.46 bits per heavy atom. The van der Waals surface area contributed by atoms with Gasteiger partial charge in [-0.15, -0.1) is 0 Å². The number of rotatable bonds is 6. The molecule has 1 unspecified atom stereocenters. The van der Waals surface area contributed by atoms with Crippen LogP contribution in [0.25, 0.3) is 6.08 Å². The lowest BCUT2D eigenvalue weighted by molar-refractivity contribution is -0.384. The quantitative estimate of drug-likeness (QED) is 0.319. The second-order valence-corrected chi connectivity index (χ2v) is 6.54. The molecule has 148 valence electrons. The monoisotopic (exact) mass is 387 g/mol. The minimum Gasteiger partial charge on any atom is -0.466 e. The van der Waals surface area contributed by atoms with Crippen molar-refractivity contribution in [3.8, 4) is 0 Å². The van der Waals surface area contributed by atoms with E-state index in [4.69, 9.17) is 4.52 Å². The standard InChI is InChI=1S/C18H21N5O5/c1-21(2)18-19-17(28-20-18)14-5-4-10-22(14)13-8-6-12(7-9-16(24)27-3)11-15(13)23(25)26/h6-9,11,14H,4-5,10H2,1-3H3/b9-7-. The molecule has 3 rings (SSSR count). The zero-order chi connectivity index (χ0) is 20.3. The summed E-state index contributed by atoms with van der Waals surface area (Å²) >= 11 is 0. The molecule has 1 aromatic heterocycles. The van der Waals surface area contributed by atoms with E-state index in [1.807, 2.05) is 19.0 Å². The van der Waals surface area contributed by atoms with E-state index in [0.717, 1.165) is 12.8 Å². The average molecular weight is 387 g/mol. The summed E-state index contributed by atoms with van der Waals surface area (Å²) in [6.45, 7) is 0.641. The Hall–Kier alpha value is -3.43. The molecule has 10 heteroatoms. The molecule has 0 N–H and O–H groups in total. The molecule has 1 aliphatic heterocycles. The number of carbonyl (C=O) groups is 1. The normalized spacial score (nSPS) is 16.5. The molecule has 1 aliphatic rings. The van der Waals surface area contributed by atoms with Gasteiger partial charge in [-0.3, -0.25) is 10.1 Å².